The second-order valence-electron chi connectivity index (χ2n) is 4.29. The average Bonchev–Trinajstić information content (AvgIpc) is 3.09. The predicted octanol–water partition coefficient (Wildman–Crippen LogP) is 3.06. The molecule has 106 valence electrons. The van der Waals surface area contributed by atoms with Gasteiger partial charge >= 0.3 is 0 Å². The molecule has 0 aliphatic heterocycles. The summed E-state index contributed by atoms with van der Waals surface area (Å²) in [6, 6.07) is 7.22. The van der Waals surface area contributed by atoms with E-state index < -0.39 is 0 Å². The fourth-order valence-corrected chi connectivity index (χ4v) is 2.61. The molecule has 0 unspecified atom stereocenters. The molecule has 0 saturated carbocycles. The van der Waals surface area contributed by atoms with Crippen LogP contribution in [0.25, 0.3) is 11.0 Å². The Kier molecular flexibility index (Phi) is 3.70. The van der Waals surface area contributed by atoms with Gasteiger partial charge in [0.25, 0.3) is 0 Å². The lowest BCUT2D eigenvalue weighted by Crippen LogP contribution is -2.07. The Bertz CT molecular complexity index is 804. The smallest absolute Gasteiger partial charge is 0.248 e. The molecule has 0 atom stereocenters. The maximum Gasteiger partial charge on any atom is 0.248 e. The maximum atomic E-state index is 11.9. The average molecular weight is 299 g/mol. The molecule has 0 saturated heterocycles. The lowest BCUT2D eigenvalue weighted by atomic mass is 10.3. The van der Waals surface area contributed by atoms with E-state index in [1.807, 2.05) is 34.2 Å². The number of benzene rings is 1. The molecule has 21 heavy (non-hydrogen) atoms. The molecule has 0 radical (unpaired) electrons. The number of methoxy groups -OCH3 is 1. The van der Waals surface area contributed by atoms with Crippen molar-refractivity contribution in [3.05, 3.63) is 53.8 Å². The van der Waals surface area contributed by atoms with Crippen LogP contribution in [0.5, 0.6) is 5.75 Å². The first-order valence-corrected chi connectivity index (χ1v) is 7.18. The zero-order valence-corrected chi connectivity index (χ0v) is 12.1. The van der Waals surface area contributed by atoms with Crippen LogP contribution in [-0.2, 0) is 4.79 Å². The summed E-state index contributed by atoms with van der Waals surface area (Å²) >= 11 is 1.55. The molecule has 3 aromatic rings. The Labute approximate surface area is 125 Å². The van der Waals surface area contributed by atoms with Crippen molar-refractivity contribution in [3.63, 3.8) is 0 Å². The van der Waals surface area contributed by atoms with Crippen molar-refractivity contribution in [3.8, 4) is 5.75 Å². The number of ether oxygens (including phenoxy) is 1. The number of nitrogens with one attached hydrogen (secondary N) is 1. The van der Waals surface area contributed by atoms with E-state index in [0.29, 0.717) is 11.4 Å². The molecule has 0 aliphatic carbocycles. The number of rotatable bonds is 4. The van der Waals surface area contributed by atoms with Crippen LogP contribution in [0.4, 0.5) is 5.69 Å². The van der Waals surface area contributed by atoms with Gasteiger partial charge in [-0.25, -0.2) is 4.98 Å². The van der Waals surface area contributed by atoms with E-state index in [1.54, 1.807) is 36.8 Å². The van der Waals surface area contributed by atoms with Crippen molar-refractivity contribution in [2.45, 2.75) is 0 Å². The number of carbonyl (C=O) groups excluding carboxylic acids is 1. The van der Waals surface area contributed by atoms with Crippen LogP contribution in [0, 0.1) is 0 Å². The fourth-order valence-electron chi connectivity index (χ4n) is 1.91. The Balaban J connectivity index is 1.71. The van der Waals surface area contributed by atoms with Crippen LogP contribution >= 0.6 is 11.3 Å². The molecule has 0 bridgehead atoms. The highest BCUT2D eigenvalue weighted by Crippen LogP contribution is 2.17. The van der Waals surface area contributed by atoms with Gasteiger partial charge in [0.2, 0.25) is 5.91 Å². The largest absolute Gasteiger partial charge is 0.497 e. The standard InChI is InChI=1S/C15H13N3O2S/c1-20-13-4-2-3-11(9-13)17-14(19)6-5-12-10-16-15-18(12)7-8-21-15/h2-10H,1H3,(H,17,19)/b6-5+. The van der Waals surface area contributed by atoms with Crippen molar-refractivity contribution in [1.82, 2.24) is 9.38 Å². The summed E-state index contributed by atoms with van der Waals surface area (Å²) in [4.78, 5) is 17.1. The van der Waals surface area contributed by atoms with Crippen LogP contribution in [0.3, 0.4) is 0 Å². The zero-order chi connectivity index (χ0) is 14.7. The summed E-state index contributed by atoms with van der Waals surface area (Å²) in [6.45, 7) is 0. The van der Waals surface area contributed by atoms with Gasteiger partial charge in [0.05, 0.1) is 19.0 Å². The van der Waals surface area contributed by atoms with Gasteiger partial charge in [-0.05, 0) is 18.2 Å². The van der Waals surface area contributed by atoms with E-state index in [9.17, 15) is 4.79 Å². The molecule has 2 aromatic heterocycles. The minimum Gasteiger partial charge on any atom is -0.497 e. The highest BCUT2D eigenvalue weighted by molar-refractivity contribution is 7.15. The lowest BCUT2D eigenvalue weighted by Gasteiger charge is -2.04. The highest BCUT2D eigenvalue weighted by atomic mass is 32.1. The first-order chi connectivity index (χ1) is 10.3. The number of hydrogen-bond donors (Lipinski definition) is 1. The Morgan fingerprint density at radius 2 is 2.38 bits per heavy atom. The zero-order valence-electron chi connectivity index (χ0n) is 11.3. The number of anilines is 1. The molecule has 0 aliphatic rings. The van der Waals surface area contributed by atoms with Gasteiger partial charge in [-0.1, -0.05) is 6.07 Å². The van der Waals surface area contributed by atoms with E-state index >= 15 is 0 Å². The van der Waals surface area contributed by atoms with E-state index in [-0.39, 0.29) is 5.91 Å². The van der Waals surface area contributed by atoms with Gasteiger partial charge in [-0.2, -0.15) is 0 Å². The Hall–Kier alpha value is -2.60. The van der Waals surface area contributed by atoms with Crippen LogP contribution in [0.1, 0.15) is 5.69 Å². The number of nitrogens with zero attached hydrogens (tertiary/aromatic N) is 2. The molecule has 1 aromatic carbocycles. The molecule has 0 fully saturated rings. The highest BCUT2D eigenvalue weighted by Gasteiger charge is 2.02. The van der Waals surface area contributed by atoms with E-state index in [2.05, 4.69) is 10.3 Å². The second kappa shape index (κ2) is 5.80. The summed E-state index contributed by atoms with van der Waals surface area (Å²) in [5, 5.41) is 4.74. The predicted molar refractivity (Wildman–Crippen MR) is 83.7 cm³/mol. The number of fused-ring (bicyclic) bond motifs is 1. The van der Waals surface area contributed by atoms with Crippen LogP contribution < -0.4 is 10.1 Å². The first kappa shape index (κ1) is 13.4. The lowest BCUT2D eigenvalue weighted by molar-refractivity contribution is -0.111. The van der Waals surface area contributed by atoms with Crippen molar-refractivity contribution in [2.24, 2.45) is 0 Å². The van der Waals surface area contributed by atoms with Crippen molar-refractivity contribution >= 4 is 34.0 Å². The van der Waals surface area contributed by atoms with Gasteiger partial charge in [0.1, 0.15) is 5.75 Å². The third-order valence-electron chi connectivity index (χ3n) is 2.92. The van der Waals surface area contributed by atoms with E-state index in [1.165, 1.54) is 6.08 Å². The molecular weight excluding hydrogens is 286 g/mol. The summed E-state index contributed by atoms with van der Waals surface area (Å²) in [5.41, 5.74) is 1.56. The maximum absolute atomic E-state index is 11.9. The number of thiazole rings is 1. The summed E-state index contributed by atoms with van der Waals surface area (Å²) < 4.78 is 7.05. The minimum atomic E-state index is -0.201. The number of aromatic nitrogens is 2. The van der Waals surface area contributed by atoms with Crippen LogP contribution in [-0.4, -0.2) is 22.4 Å². The summed E-state index contributed by atoms with van der Waals surface area (Å²) in [7, 11) is 1.59. The minimum absolute atomic E-state index is 0.201. The molecule has 5 nitrogen and oxygen atoms in total. The fraction of sp³-hybridized carbons (Fsp3) is 0.0667. The molecule has 2 heterocycles. The van der Waals surface area contributed by atoms with Gasteiger partial charge in [0.15, 0.2) is 4.96 Å². The van der Waals surface area contributed by atoms with Gasteiger partial charge in [-0.15, -0.1) is 11.3 Å². The first-order valence-electron chi connectivity index (χ1n) is 6.30. The summed E-state index contributed by atoms with van der Waals surface area (Å²) in [6.07, 6.45) is 6.89. The number of carbonyl (C=O) groups is 1. The van der Waals surface area contributed by atoms with E-state index in [0.717, 1.165) is 10.7 Å². The molecule has 6 heteroatoms. The van der Waals surface area contributed by atoms with Gasteiger partial charge in [0, 0.05) is 29.4 Å². The molecule has 1 N–H and O–H groups in total. The molecule has 3 rings (SSSR count). The molecule has 1 amide bonds. The van der Waals surface area contributed by atoms with Gasteiger partial charge in [-0.3, -0.25) is 9.20 Å². The molecular formula is C15H13N3O2S. The Morgan fingerprint density at radius 1 is 1.48 bits per heavy atom. The normalized spacial score (nSPS) is 11.1. The van der Waals surface area contributed by atoms with Crippen molar-refractivity contribution < 1.29 is 9.53 Å². The number of amides is 1. The Morgan fingerprint density at radius 3 is 3.24 bits per heavy atom. The third kappa shape index (κ3) is 2.95. The van der Waals surface area contributed by atoms with Crippen molar-refractivity contribution in [1.29, 1.82) is 0 Å². The van der Waals surface area contributed by atoms with Crippen LogP contribution in [0.2, 0.25) is 0 Å². The molecule has 0 spiro atoms. The van der Waals surface area contributed by atoms with Crippen molar-refractivity contribution in [2.75, 3.05) is 12.4 Å². The number of imidazole rings is 1. The van der Waals surface area contributed by atoms with E-state index in [4.69, 9.17) is 4.74 Å². The second-order valence-corrected chi connectivity index (χ2v) is 5.17. The monoisotopic (exact) mass is 299 g/mol. The third-order valence-corrected chi connectivity index (χ3v) is 3.69. The van der Waals surface area contributed by atoms with Crippen LogP contribution in [0.15, 0.2) is 48.1 Å². The quantitative estimate of drug-likeness (QED) is 0.753. The number of hydrogen-bond acceptors (Lipinski definition) is 4. The van der Waals surface area contributed by atoms with Gasteiger partial charge < -0.3 is 10.1 Å². The summed E-state index contributed by atoms with van der Waals surface area (Å²) in [5.74, 6) is 0.501. The topological polar surface area (TPSA) is 55.6 Å². The SMILES string of the molecule is COc1cccc(NC(=O)/C=C/c2cnc3sccn23)c1.